The van der Waals surface area contributed by atoms with Gasteiger partial charge >= 0.3 is 0 Å². The number of carbonyl (C=O) groups excluding carboxylic acids is 1. The number of amides is 1. The van der Waals surface area contributed by atoms with Crippen molar-refractivity contribution in [1.29, 1.82) is 0 Å². The largest absolute Gasteiger partial charge is 0.384 e. The van der Waals surface area contributed by atoms with Gasteiger partial charge in [-0.25, -0.2) is 0 Å². The Morgan fingerprint density at radius 3 is 2.94 bits per heavy atom. The minimum atomic E-state index is -0.00264. The van der Waals surface area contributed by atoms with E-state index in [9.17, 15) is 4.79 Å². The molecule has 1 atom stereocenters. The molecule has 0 aliphatic rings. The molecule has 0 fully saturated rings. The summed E-state index contributed by atoms with van der Waals surface area (Å²) in [6, 6.07) is 0. The van der Waals surface area contributed by atoms with Gasteiger partial charge in [-0.1, -0.05) is 0 Å². The van der Waals surface area contributed by atoms with Crippen molar-refractivity contribution in [2.24, 2.45) is 7.05 Å². The molecule has 1 aromatic heterocycles. The second-order valence-electron chi connectivity index (χ2n) is 4.04. The van der Waals surface area contributed by atoms with E-state index in [0.29, 0.717) is 25.2 Å². The van der Waals surface area contributed by atoms with Crippen molar-refractivity contribution < 1.29 is 9.53 Å². The molecule has 0 aliphatic heterocycles. The first-order valence-corrected chi connectivity index (χ1v) is 5.60. The summed E-state index contributed by atoms with van der Waals surface area (Å²) in [4.78, 5) is 11.5. The molecule has 0 aliphatic carbocycles. The quantitative estimate of drug-likeness (QED) is 0.755. The lowest BCUT2D eigenvalue weighted by atomic mass is 10.2. The number of rotatable bonds is 6. The Morgan fingerprint density at radius 2 is 2.41 bits per heavy atom. The van der Waals surface area contributed by atoms with E-state index < -0.39 is 0 Å². The van der Waals surface area contributed by atoms with E-state index in [0.717, 1.165) is 5.56 Å². The minimum Gasteiger partial charge on any atom is -0.384 e. The van der Waals surface area contributed by atoms with Crippen LogP contribution in [0.15, 0.2) is 6.20 Å². The topological polar surface area (TPSA) is 82.2 Å². The summed E-state index contributed by atoms with van der Waals surface area (Å²) >= 11 is 0. The van der Waals surface area contributed by atoms with Crippen LogP contribution in [0, 0.1) is 0 Å². The first kappa shape index (κ1) is 13.5. The summed E-state index contributed by atoms with van der Waals surface area (Å²) in [7, 11) is 3.40. The Morgan fingerprint density at radius 1 is 1.71 bits per heavy atom. The fourth-order valence-electron chi connectivity index (χ4n) is 1.36. The molecule has 96 valence electrons. The molecule has 0 spiro atoms. The maximum Gasteiger partial charge on any atom is 0.220 e. The predicted molar refractivity (Wildman–Crippen MR) is 65.2 cm³/mol. The number of carbonyl (C=O) groups is 1. The fourth-order valence-corrected chi connectivity index (χ4v) is 1.36. The van der Waals surface area contributed by atoms with Gasteiger partial charge in [-0.05, 0) is 13.3 Å². The third-order valence-electron chi connectivity index (χ3n) is 2.72. The molecule has 6 nitrogen and oxygen atoms in total. The second-order valence-corrected chi connectivity index (χ2v) is 4.04. The van der Waals surface area contributed by atoms with Crippen molar-refractivity contribution in [2.45, 2.75) is 32.4 Å². The predicted octanol–water partition coefficient (Wildman–Crippen LogP) is 0.434. The SMILES string of the molecule is COC(C)CCC(=O)NCc1cnn(C)c1N. The molecule has 0 saturated heterocycles. The van der Waals surface area contributed by atoms with Crippen LogP contribution in [0.3, 0.4) is 0 Å². The summed E-state index contributed by atoms with van der Waals surface area (Å²) < 4.78 is 6.65. The summed E-state index contributed by atoms with van der Waals surface area (Å²) in [5.74, 6) is 0.577. The number of hydrogen-bond donors (Lipinski definition) is 2. The summed E-state index contributed by atoms with van der Waals surface area (Å²) in [6.45, 7) is 2.35. The number of anilines is 1. The Labute approximate surface area is 101 Å². The second kappa shape index (κ2) is 6.24. The molecule has 6 heteroatoms. The smallest absolute Gasteiger partial charge is 0.220 e. The summed E-state index contributed by atoms with van der Waals surface area (Å²) in [6.07, 6.45) is 2.93. The molecule has 0 aromatic carbocycles. The van der Waals surface area contributed by atoms with Gasteiger partial charge in [0.05, 0.1) is 12.3 Å². The number of nitrogens with two attached hydrogens (primary N) is 1. The first-order chi connectivity index (χ1) is 8.04. The van der Waals surface area contributed by atoms with Crippen LogP contribution in [0.1, 0.15) is 25.3 Å². The zero-order valence-corrected chi connectivity index (χ0v) is 10.6. The number of aromatic nitrogens is 2. The van der Waals surface area contributed by atoms with Gasteiger partial charge in [-0.3, -0.25) is 9.48 Å². The average Bonchev–Trinajstić information content (AvgIpc) is 2.64. The Hall–Kier alpha value is -1.56. The van der Waals surface area contributed by atoms with E-state index in [1.54, 1.807) is 25.0 Å². The lowest BCUT2D eigenvalue weighted by molar-refractivity contribution is -0.121. The molecule has 17 heavy (non-hydrogen) atoms. The Bertz CT molecular complexity index is 376. The highest BCUT2D eigenvalue weighted by atomic mass is 16.5. The van der Waals surface area contributed by atoms with Crippen molar-refractivity contribution in [3.05, 3.63) is 11.8 Å². The van der Waals surface area contributed by atoms with Crippen LogP contribution in [0.2, 0.25) is 0 Å². The zero-order valence-electron chi connectivity index (χ0n) is 10.6. The van der Waals surface area contributed by atoms with Gasteiger partial charge in [0.15, 0.2) is 0 Å². The lowest BCUT2D eigenvalue weighted by Crippen LogP contribution is -2.24. The number of nitrogen functional groups attached to an aromatic ring is 1. The highest BCUT2D eigenvalue weighted by molar-refractivity contribution is 5.76. The maximum absolute atomic E-state index is 11.5. The van der Waals surface area contributed by atoms with Crippen LogP contribution in [-0.2, 0) is 23.1 Å². The van der Waals surface area contributed by atoms with E-state index in [1.165, 1.54) is 0 Å². The number of ether oxygens (including phenoxy) is 1. The number of aryl methyl sites for hydroxylation is 1. The molecule has 1 heterocycles. The van der Waals surface area contributed by atoms with Gasteiger partial charge in [0.2, 0.25) is 5.91 Å². The van der Waals surface area contributed by atoms with Crippen LogP contribution in [0.25, 0.3) is 0 Å². The molecular formula is C11H20N4O2. The van der Waals surface area contributed by atoms with E-state index in [2.05, 4.69) is 10.4 Å². The molecule has 1 unspecified atom stereocenters. The summed E-state index contributed by atoms with van der Waals surface area (Å²) in [5, 5.41) is 6.81. The molecule has 1 rings (SSSR count). The number of nitrogens with one attached hydrogen (secondary N) is 1. The van der Waals surface area contributed by atoms with Crippen molar-refractivity contribution >= 4 is 11.7 Å². The Kier molecular flexibility index (Phi) is 4.96. The van der Waals surface area contributed by atoms with Crippen LogP contribution in [-0.4, -0.2) is 28.9 Å². The monoisotopic (exact) mass is 240 g/mol. The zero-order chi connectivity index (χ0) is 12.8. The van der Waals surface area contributed by atoms with E-state index in [-0.39, 0.29) is 12.0 Å². The molecule has 0 bridgehead atoms. The van der Waals surface area contributed by atoms with Crippen molar-refractivity contribution in [1.82, 2.24) is 15.1 Å². The molecule has 3 N–H and O–H groups in total. The van der Waals surface area contributed by atoms with E-state index >= 15 is 0 Å². The lowest BCUT2D eigenvalue weighted by Gasteiger charge is -2.09. The van der Waals surface area contributed by atoms with E-state index in [4.69, 9.17) is 10.5 Å². The number of nitrogens with zero attached hydrogens (tertiary/aromatic N) is 2. The molecule has 0 radical (unpaired) electrons. The van der Waals surface area contributed by atoms with Gasteiger partial charge in [0, 0.05) is 32.7 Å². The molecule has 1 aromatic rings. The van der Waals surface area contributed by atoms with Crippen molar-refractivity contribution in [3.63, 3.8) is 0 Å². The van der Waals surface area contributed by atoms with Gasteiger partial charge in [0.25, 0.3) is 0 Å². The normalized spacial score (nSPS) is 12.4. The van der Waals surface area contributed by atoms with Gasteiger partial charge < -0.3 is 15.8 Å². The third kappa shape index (κ3) is 4.07. The van der Waals surface area contributed by atoms with Crippen LogP contribution >= 0.6 is 0 Å². The van der Waals surface area contributed by atoms with Gasteiger partial charge in [0.1, 0.15) is 5.82 Å². The van der Waals surface area contributed by atoms with Crippen molar-refractivity contribution in [3.8, 4) is 0 Å². The molecule has 0 saturated carbocycles. The highest BCUT2D eigenvalue weighted by Gasteiger charge is 2.08. The van der Waals surface area contributed by atoms with Crippen LogP contribution in [0.5, 0.6) is 0 Å². The molecular weight excluding hydrogens is 220 g/mol. The molecule has 1 amide bonds. The Balaban J connectivity index is 2.31. The average molecular weight is 240 g/mol. The first-order valence-electron chi connectivity index (χ1n) is 5.60. The fraction of sp³-hybridized carbons (Fsp3) is 0.636. The summed E-state index contributed by atoms with van der Waals surface area (Å²) in [5.41, 5.74) is 6.60. The third-order valence-corrected chi connectivity index (χ3v) is 2.72. The standard InChI is InChI=1S/C11H20N4O2/c1-8(17-3)4-5-10(16)13-6-9-7-14-15(2)11(9)12/h7-8H,4-6,12H2,1-3H3,(H,13,16). The maximum atomic E-state index is 11.5. The van der Waals surface area contributed by atoms with Crippen LogP contribution < -0.4 is 11.1 Å². The number of methoxy groups -OCH3 is 1. The minimum absolute atomic E-state index is 0.00264. The highest BCUT2D eigenvalue weighted by Crippen LogP contribution is 2.08. The van der Waals surface area contributed by atoms with Crippen molar-refractivity contribution in [2.75, 3.05) is 12.8 Å². The van der Waals surface area contributed by atoms with Crippen LogP contribution in [0.4, 0.5) is 5.82 Å². The van der Waals surface area contributed by atoms with Gasteiger partial charge in [-0.2, -0.15) is 5.10 Å². The van der Waals surface area contributed by atoms with Gasteiger partial charge in [-0.15, -0.1) is 0 Å². The number of hydrogen-bond acceptors (Lipinski definition) is 4. The van der Waals surface area contributed by atoms with E-state index in [1.807, 2.05) is 6.92 Å².